The number of nitrogens with zero attached hydrogens (tertiary/aromatic N) is 4. The van der Waals surface area contributed by atoms with Crippen LogP contribution in [0.5, 0.6) is 5.75 Å². The number of ether oxygens (including phenoxy) is 1. The van der Waals surface area contributed by atoms with Crippen LogP contribution in [0.1, 0.15) is 17.0 Å². The molecule has 0 N–H and O–H groups in total. The Labute approximate surface area is 166 Å². The molecule has 0 spiro atoms. The third-order valence-electron chi connectivity index (χ3n) is 3.89. The SMILES string of the molecule is N#Cc1ncn2c(C(F)(F)F)cc(-c3ccc(OC(F)(F)CF)c(C(F)(F)F)c3)nc12. The van der Waals surface area contributed by atoms with E-state index in [0.29, 0.717) is 22.9 Å². The van der Waals surface area contributed by atoms with Gasteiger partial charge < -0.3 is 4.74 Å². The highest BCUT2D eigenvalue weighted by atomic mass is 19.4. The summed E-state index contributed by atoms with van der Waals surface area (Å²) in [4.78, 5) is 7.22. The van der Waals surface area contributed by atoms with Crippen molar-refractivity contribution in [2.75, 3.05) is 6.67 Å². The molecule has 0 aliphatic rings. The number of hydrogen-bond acceptors (Lipinski definition) is 4. The molecule has 0 saturated heterocycles. The largest absolute Gasteiger partial charge is 0.431 e. The summed E-state index contributed by atoms with van der Waals surface area (Å²) in [7, 11) is 0. The van der Waals surface area contributed by atoms with Crippen molar-refractivity contribution in [3.05, 3.63) is 47.5 Å². The second kappa shape index (κ2) is 7.33. The Bertz CT molecular complexity index is 1180. The van der Waals surface area contributed by atoms with Gasteiger partial charge in [0.1, 0.15) is 23.8 Å². The van der Waals surface area contributed by atoms with Crippen molar-refractivity contribution in [2.45, 2.75) is 18.5 Å². The van der Waals surface area contributed by atoms with E-state index >= 15 is 0 Å². The molecule has 0 aliphatic heterocycles. The third kappa shape index (κ3) is 4.35. The fourth-order valence-electron chi connectivity index (χ4n) is 2.60. The zero-order chi connectivity index (χ0) is 23.2. The van der Waals surface area contributed by atoms with Crippen LogP contribution in [-0.4, -0.2) is 27.2 Å². The molecular weight excluding hydrogens is 447 g/mol. The van der Waals surface area contributed by atoms with E-state index in [9.17, 15) is 39.5 Å². The zero-order valence-electron chi connectivity index (χ0n) is 14.7. The van der Waals surface area contributed by atoms with Gasteiger partial charge in [0, 0.05) is 5.56 Å². The van der Waals surface area contributed by atoms with Gasteiger partial charge in [0.15, 0.2) is 18.0 Å². The highest BCUT2D eigenvalue weighted by Crippen LogP contribution is 2.41. The fraction of sp³-hybridized carbons (Fsp3) is 0.235. The monoisotopic (exact) mass is 454 g/mol. The first-order chi connectivity index (χ1) is 14.3. The van der Waals surface area contributed by atoms with E-state index in [1.807, 2.05) is 0 Å². The maximum Gasteiger partial charge on any atom is 0.431 e. The number of hydrogen-bond donors (Lipinski definition) is 0. The second-order valence-corrected chi connectivity index (χ2v) is 6.00. The second-order valence-electron chi connectivity index (χ2n) is 6.00. The van der Waals surface area contributed by atoms with Gasteiger partial charge in [-0.05, 0) is 24.3 Å². The lowest BCUT2D eigenvalue weighted by Gasteiger charge is -2.19. The van der Waals surface area contributed by atoms with Crippen molar-refractivity contribution in [3.8, 4) is 23.1 Å². The van der Waals surface area contributed by atoms with Crippen molar-refractivity contribution in [2.24, 2.45) is 0 Å². The Hall–Kier alpha value is -3.50. The molecular formula is C17H7F9N4O. The molecule has 3 rings (SSSR count). The van der Waals surface area contributed by atoms with Crippen LogP contribution in [0.15, 0.2) is 30.6 Å². The van der Waals surface area contributed by atoms with Gasteiger partial charge in [-0.15, -0.1) is 0 Å². The molecule has 14 heteroatoms. The number of alkyl halides is 9. The van der Waals surface area contributed by atoms with Gasteiger partial charge in [-0.1, -0.05) is 0 Å². The van der Waals surface area contributed by atoms with Gasteiger partial charge in [-0.25, -0.2) is 14.4 Å². The minimum Gasteiger partial charge on any atom is -0.430 e. The summed E-state index contributed by atoms with van der Waals surface area (Å²) in [6, 6.07) is 3.28. The number of halogens is 9. The third-order valence-corrected chi connectivity index (χ3v) is 3.89. The van der Waals surface area contributed by atoms with Gasteiger partial charge in [0.25, 0.3) is 0 Å². The van der Waals surface area contributed by atoms with Crippen molar-refractivity contribution >= 4 is 5.65 Å². The summed E-state index contributed by atoms with van der Waals surface area (Å²) in [6.45, 7) is -2.41. The number of nitriles is 1. The van der Waals surface area contributed by atoms with E-state index in [0.717, 1.165) is 6.07 Å². The molecule has 2 heterocycles. The molecule has 0 fully saturated rings. The van der Waals surface area contributed by atoms with Crippen LogP contribution in [-0.2, 0) is 12.4 Å². The van der Waals surface area contributed by atoms with E-state index in [4.69, 9.17) is 5.26 Å². The molecule has 164 valence electrons. The summed E-state index contributed by atoms with van der Waals surface area (Å²) in [5, 5.41) is 8.98. The van der Waals surface area contributed by atoms with Crippen LogP contribution in [0.2, 0.25) is 0 Å². The summed E-state index contributed by atoms with van der Waals surface area (Å²) < 4.78 is 123. The number of fused-ring (bicyclic) bond motifs is 1. The minimum atomic E-state index is -5.27. The molecule has 0 amide bonds. The molecule has 2 aromatic heterocycles. The van der Waals surface area contributed by atoms with Gasteiger partial charge in [0.2, 0.25) is 0 Å². The topological polar surface area (TPSA) is 63.2 Å². The Morgan fingerprint density at radius 3 is 2.23 bits per heavy atom. The smallest absolute Gasteiger partial charge is 0.430 e. The lowest BCUT2D eigenvalue weighted by atomic mass is 10.1. The highest BCUT2D eigenvalue weighted by molar-refractivity contribution is 5.67. The Morgan fingerprint density at radius 2 is 1.68 bits per heavy atom. The van der Waals surface area contributed by atoms with Crippen LogP contribution in [0.4, 0.5) is 39.5 Å². The van der Waals surface area contributed by atoms with Crippen LogP contribution in [0.3, 0.4) is 0 Å². The Kier molecular flexibility index (Phi) is 5.24. The maximum atomic E-state index is 13.4. The lowest BCUT2D eigenvalue weighted by molar-refractivity contribution is -0.192. The van der Waals surface area contributed by atoms with E-state index in [1.54, 1.807) is 0 Å². The zero-order valence-corrected chi connectivity index (χ0v) is 14.7. The van der Waals surface area contributed by atoms with Crippen LogP contribution >= 0.6 is 0 Å². The van der Waals surface area contributed by atoms with Gasteiger partial charge >= 0.3 is 18.5 Å². The van der Waals surface area contributed by atoms with Crippen LogP contribution in [0, 0.1) is 11.3 Å². The summed E-state index contributed by atoms with van der Waals surface area (Å²) >= 11 is 0. The van der Waals surface area contributed by atoms with Crippen LogP contribution in [0.25, 0.3) is 16.9 Å². The van der Waals surface area contributed by atoms with Crippen molar-refractivity contribution < 1.29 is 44.3 Å². The normalized spacial score (nSPS) is 12.8. The average Bonchev–Trinajstić information content (AvgIpc) is 3.08. The molecule has 0 aliphatic carbocycles. The average molecular weight is 454 g/mol. The van der Waals surface area contributed by atoms with E-state index in [-0.39, 0.29) is 6.07 Å². The first kappa shape index (κ1) is 22.2. The number of imidazole rings is 1. The van der Waals surface area contributed by atoms with Crippen molar-refractivity contribution in [3.63, 3.8) is 0 Å². The first-order valence-corrected chi connectivity index (χ1v) is 7.96. The standard InChI is InChI=1S/C17H7F9N4O/c18-6-15(19,20)31-12-2-1-8(3-9(12)16(21,22)23)10-4-13(17(24,25)26)30-7-28-11(5-27)14(30)29-10/h1-4,7H,6H2. The minimum absolute atomic E-state index is 0.227. The predicted octanol–water partition coefficient (Wildman–Crippen LogP) is 5.25. The number of benzene rings is 1. The molecule has 0 saturated carbocycles. The summed E-state index contributed by atoms with van der Waals surface area (Å²) in [5.74, 6) is -1.43. The molecule has 0 atom stereocenters. The quantitative estimate of drug-likeness (QED) is 0.506. The first-order valence-electron chi connectivity index (χ1n) is 7.96. The van der Waals surface area contributed by atoms with Crippen LogP contribution < -0.4 is 4.74 Å². The van der Waals surface area contributed by atoms with Gasteiger partial charge in [-0.2, -0.15) is 40.4 Å². The number of aromatic nitrogens is 3. The Morgan fingerprint density at radius 1 is 1.00 bits per heavy atom. The van der Waals surface area contributed by atoms with Gasteiger partial charge in [0.05, 0.1) is 11.3 Å². The van der Waals surface area contributed by atoms with E-state index in [2.05, 4.69) is 14.7 Å². The van der Waals surface area contributed by atoms with E-state index < -0.39 is 64.7 Å². The van der Waals surface area contributed by atoms with E-state index in [1.165, 1.54) is 6.07 Å². The highest BCUT2D eigenvalue weighted by Gasteiger charge is 2.40. The summed E-state index contributed by atoms with van der Waals surface area (Å²) in [5.41, 5.74) is -5.48. The molecule has 31 heavy (non-hydrogen) atoms. The van der Waals surface area contributed by atoms with Crippen molar-refractivity contribution in [1.82, 2.24) is 14.4 Å². The molecule has 5 nitrogen and oxygen atoms in total. The lowest BCUT2D eigenvalue weighted by Crippen LogP contribution is -2.28. The fourth-order valence-corrected chi connectivity index (χ4v) is 2.60. The molecule has 0 unspecified atom stereocenters. The maximum absolute atomic E-state index is 13.4. The molecule has 1 aromatic carbocycles. The Balaban J connectivity index is 2.24. The summed E-state index contributed by atoms with van der Waals surface area (Å²) in [6.07, 6.45) is -14.2. The molecule has 0 bridgehead atoms. The van der Waals surface area contributed by atoms with Gasteiger partial charge in [-0.3, -0.25) is 4.40 Å². The molecule has 0 radical (unpaired) electrons. The van der Waals surface area contributed by atoms with Crippen molar-refractivity contribution in [1.29, 1.82) is 5.26 Å². The molecule has 3 aromatic rings. The predicted molar refractivity (Wildman–Crippen MR) is 84.7 cm³/mol. The number of rotatable bonds is 4.